The van der Waals surface area contributed by atoms with E-state index in [0.29, 0.717) is 18.3 Å². The minimum absolute atomic E-state index is 0.0669. The Morgan fingerprint density at radius 1 is 1.36 bits per heavy atom. The Balaban J connectivity index is 1.87. The largest absolute Gasteiger partial charge is 0.357 e. The molecule has 0 saturated carbocycles. The van der Waals surface area contributed by atoms with Gasteiger partial charge in [-0.1, -0.05) is 19.1 Å². The Morgan fingerprint density at radius 2 is 2.16 bits per heavy atom. The lowest BCUT2D eigenvalue weighted by Gasteiger charge is -2.34. The van der Waals surface area contributed by atoms with Crippen molar-refractivity contribution in [3.8, 4) is 0 Å². The van der Waals surface area contributed by atoms with E-state index in [9.17, 15) is 9.18 Å². The Labute approximate surface area is 153 Å². The van der Waals surface area contributed by atoms with Crippen LogP contribution in [-0.4, -0.2) is 60.5 Å². The Kier molecular flexibility index (Phi) is 8.04. The number of carbonyl (C=O) groups is 1. The molecule has 5 nitrogen and oxygen atoms in total. The van der Waals surface area contributed by atoms with E-state index in [1.807, 2.05) is 18.7 Å². The maximum absolute atomic E-state index is 13.6. The normalized spacial score (nSPS) is 18.1. The number of hydrogen-bond acceptors (Lipinski definition) is 3. The van der Waals surface area contributed by atoms with E-state index in [-0.39, 0.29) is 5.56 Å². The molecule has 1 amide bonds. The maximum atomic E-state index is 13.6. The predicted molar refractivity (Wildman–Crippen MR) is 103 cm³/mol. The third-order valence-electron chi connectivity index (χ3n) is 4.01. The zero-order valence-electron chi connectivity index (χ0n) is 14.9. The number of rotatable bonds is 6. The van der Waals surface area contributed by atoms with E-state index >= 15 is 0 Å². The predicted octanol–water partition coefficient (Wildman–Crippen LogP) is 2.35. The number of nitrogens with one attached hydrogen (secondary N) is 2. The quantitative estimate of drug-likeness (QED) is 0.461. The molecular formula is C18H27FN4OS. The van der Waals surface area contributed by atoms with E-state index < -0.39 is 11.7 Å². The number of hydrogen-bond donors (Lipinski definition) is 2. The molecule has 0 bridgehead atoms. The van der Waals surface area contributed by atoms with Gasteiger partial charge in [0.25, 0.3) is 5.91 Å². The van der Waals surface area contributed by atoms with Gasteiger partial charge in [0.15, 0.2) is 5.96 Å². The molecule has 1 aliphatic heterocycles. The SMILES string of the molecule is CCNC(=NCCNC(=O)c1ccccc1F)N1CCSC(CC)C1. The van der Waals surface area contributed by atoms with Gasteiger partial charge < -0.3 is 15.5 Å². The number of carbonyl (C=O) groups excluding carboxylic acids is 1. The van der Waals surface area contributed by atoms with Crippen molar-refractivity contribution in [3.63, 3.8) is 0 Å². The highest BCUT2D eigenvalue weighted by Crippen LogP contribution is 2.20. The second kappa shape index (κ2) is 10.3. The molecule has 1 aromatic carbocycles. The Hall–Kier alpha value is -1.76. The maximum Gasteiger partial charge on any atom is 0.254 e. The van der Waals surface area contributed by atoms with Crippen LogP contribution >= 0.6 is 11.8 Å². The van der Waals surface area contributed by atoms with Crippen molar-refractivity contribution < 1.29 is 9.18 Å². The number of thioether (sulfide) groups is 1. The first-order valence-corrected chi connectivity index (χ1v) is 9.88. The lowest BCUT2D eigenvalue weighted by Crippen LogP contribution is -2.48. The van der Waals surface area contributed by atoms with Crippen molar-refractivity contribution in [1.82, 2.24) is 15.5 Å². The van der Waals surface area contributed by atoms with Crippen molar-refractivity contribution >= 4 is 23.6 Å². The lowest BCUT2D eigenvalue weighted by molar-refractivity contribution is 0.0950. The van der Waals surface area contributed by atoms with Crippen LogP contribution in [0.2, 0.25) is 0 Å². The van der Waals surface area contributed by atoms with Crippen LogP contribution in [0.15, 0.2) is 29.3 Å². The van der Waals surface area contributed by atoms with Gasteiger partial charge in [-0.25, -0.2) is 4.39 Å². The van der Waals surface area contributed by atoms with Crippen LogP contribution in [0.3, 0.4) is 0 Å². The van der Waals surface area contributed by atoms with Gasteiger partial charge in [-0.15, -0.1) is 0 Å². The minimum atomic E-state index is -0.506. The fraction of sp³-hybridized carbons (Fsp3) is 0.556. The molecule has 2 rings (SSSR count). The van der Waals surface area contributed by atoms with Crippen molar-refractivity contribution in [1.29, 1.82) is 0 Å². The summed E-state index contributed by atoms with van der Waals surface area (Å²) in [6.07, 6.45) is 1.15. The highest BCUT2D eigenvalue weighted by Gasteiger charge is 2.21. The van der Waals surface area contributed by atoms with Crippen LogP contribution in [0, 0.1) is 5.82 Å². The number of halogens is 1. The van der Waals surface area contributed by atoms with E-state index in [4.69, 9.17) is 0 Å². The molecule has 1 fully saturated rings. The van der Waals surface area contributed by atoms with Crippen molar-refractivity contribution in [2.75, 3.05) is 38.5 Å². The molecule has 7 heteroatoms. The summed E-state index contributed by atoms with van der Waals surface area (Å²) in [5.74, 6) is 1.08. The van der Waals surface area contributed by atoms with Crippen molar-refractivity contribution in [3.05, 3.63) is 35.6 Å². The van der Waals surface area contributed by atoms with Gasteiger partial charge in [0.1, 0.15) is 5.82 Å². The number of nitrogens with zero attached hydrogens (tertiary/aromatic N) is 2. The third-order valence-corrected chi connectivity index (χ3v) is 5.38. The summed E-state index contributed by atoms with van der Waals surface area (Å²) in [6.45, 7) is 7.88. The summed E-state index contributed by atoms with van der Waals surface area (Å²) < 4.78 is 13.6. The monoisotopic (exact) mass is 366 g/mol. The molecule has 0 spiro atoms. The van der Waals surface area contributed by atoms with Gasteiger partial charge >= 0.3 is 0 Å². The van der Waals surface area contributed by atoms with Gasteiger partial charge in [-0.05, 0) is 25.5 Å². The number of aliphatic imine (C=N–C) groups is 1. The highest BCUT2D eigenvalue weighted by molar-refractivity contribution is 8.00. The molecule has 1 heterocycles. The molecular weight excluding hydrogens is 339 g/mol. The molecule has 1 unspecified atom stereocenters. The summed E-state index contributed by atoms with van der Waals surface area (Å²) in [4.78, 5) is 18.9. The zero-order chi connectivity index (χ0) is 18.1. The van der Waals surface area contributed by atoms with Gasteiger partial charge in [0.05, 0.1) is 12.1 Å². The first-order chi connectivity index (χ1) is 12.2. The Bertz CT molecular complexity index is 596. The Morgan fingerprint density at radius 3 is 2.88 bits per heavy atom. The first-order valence-electron chi connectivity index (χ1n) is 8.83. The smallest absolute Gasteiger partial charge is 0.254 e. The summed E-state index contributed by atoms with van der Waals surface area (Å²) >= 11 is 2.02. The lowest BCUT2D eigenvalue weighted by atomic mass is 10.2. The molecule has 25 heavy (non-hydrogen) atoms. The van der Waals surface area contributed by atoms with E-state index in [2.05, 4.69) is 27.4 Å². The minimum Gasteiger partial charge on any atom is -0.357 e. The van der Waals surface area contributed by atoms with E-state index in [1.54, 1.807) is 12.1 Å². The van der Waals surface area contributed by atoms with Gasteiger partial charge in [-0.3, -0.25) is 9.79 Å². The van der Waals surface area contributed by atoms with Crippen LogP contribution in [0.1, 0.15) is 30.6 Å². The molecule has 1 atom stereocenters. The van der Waals surface area contributed by atoms with Crippen LogP contribution in [0.5, 0.6) is 0 Å². The molecule has 138 valence electrons. The van der Waals surface area contributed by atoms with E-state index in [0.717, 1.165) is 37.8 Å². The molecule has 1 aromatic rings. The molecule has 0 aliphatic carbocycles. The average Bonchev–Trinajstić information content (AvgIpc) is 2.64. The average molecular weight is 367 g/mol. The molecule has 0 radical (unpaired) electrons. The van der Waals surface area contributed by atoms with Crippen molar-refractivity contribution in [2.24, 2.45) is 4.99 Å². The van der Waals surface area contributed by atoms with Crippen LogP contribution < -0.4 is 10.6 Å². The molecule has 0 aromatic heterocycles. The summed E-state index contributed by atoms with van der Waals surface area (Å²) in [5, 5.41) is 6.68. The standard InChI is InChI=1S/C18H27FN4OS/c1-3-14-13-23(11-12-25-14)18(20-4-2)22-10-9-21-17(24)15-7-5-6-8-16(15)19/h5-8,14H,3-4,9-13H2,1-2H3,(H,20,22)(H,21,24). The van der Waals surface area contributed by atoms with Gasteiger partial charge in [0, 0.05) is 37.2 Å². The molecule has 1 aliphatic rings. The number of amides is 1. The van der Waals surface area contributed by atoms with Crippen molar-refractivity contribution in [2.45, 2.75) is 25.5 Å². The van der Waals surface area contributed by atoms with E-state index in [1.165, 1.54) is 12.1 Å². The second-order valence-corrected chi connectivity index (χ2v) is 7.23. The highest BCUT2D eigenvalue weighted by atomic mass is 32.2. The fourth-order valence-electron chi connectivity index (χ4n) is 2.66. The third kappa shape index (κ3) is 5.92. The van der Waals surface area contributed by atoms with Crippen LogP contribution in [0.25, 0.3) is 0 Å². The first kappa shape index (κ1) is 19.6. The molecule has 1 saturated heterocycles. The zero-order valence-corrected chi connectivity index (χ0v) is 15.7. The van der Waals surface area contributed by atoms with Crippen LogP contribution in [-0.2, 0) is 0 Å². The number of benzene rings is 1. The summed E-state index contributed by atoms with van der Waals surface area (Å²) in [5.41, 5.74) is 0.0669. The van der Waals surface area contributed by atoms with Crippen LogP contribution in [0.4, 0.5) is 4.39 Å². The summed E-state index contributed by atoms with van der Waals surface area (Å²) in [6, 6.07) is 5.99. The van der Waals surface area contributed by atoms with Gasteiger partial charge in [0.2, 0.25) is 0 Å². The second-order valence-electron chi connectivity index (χ2n) is 5.82. The summed E-state index contributed by atoms with van der Waals surface area (Å²) in [7, 11) is 0. The molecule has 2 N–H and O–H groups in total. The topological polar surface area (TPSA) is 56.7 Å². The van der Waals surface area contributed by atoms with Gasteiger partial charge in [-0.2, -0.15) is 11.8 Å². The number of guanidine groups is 1. The fourth-order valence-corrected chi connectivity index (χ4v) is 3.84.